The lowest BCUT2D eigenvalue weighted by atomic mass is 10.1. The third-order valence-corrected chi connectivity index (χ3v) is 3.05. The molecule has 0 amide bonds. The van der Waals surface area contributed by atoms with Gasteiger partial charge in [0.15, 0.2) is 0 Å². The number of fused-ring (bicyclic) bond motifs is 1. The zero-order valence-corrected chi connectivity index (χ0v) is 11.3. The molecule has 0 aliphatic carbocycles. The van der Waals surface area contributed by atoms with E-state index in [-0.39, 0.29) is 11.0 Å². The number of hydrogen-bond donors (Lipinski definition) is 1. The van der Waals surface area contributed by atoms with Gasteiger partial charge in [0.05, 0.1) is 0 Å². The van der Waals surface area contributed by atoms with Crippen molar-refractivity contribution in [1.29, 1.82) is 0 Å². The molecule has 3 rings (SSSR count). The first-order valence-corrected chi connectivity index (χ1v) is 6.43. The topological polar surface area (TPSA) is 61.0 Å². The van der Waals surface area contributed by atoms with Crippen LogP contribution in [0.2, 0.25) is 0 Å². The Balaban J connectivity index is 2.01. The molecule has 0 aliphatic rings. The van der Waals surface area contributed by atoms with E-state index in [0.29, 0.717) is 11.4 Å². The second kappa shape index (κ2) is 5.22. The van der Waals surface area contributed by atoms with Gasteiger partial charge in [-0.2, -0.15) is 4.98 Å². The molecule has 0 radical (unpaired) electrons. The Morgan fingerprint density at radius 3 is 2.70 bits per heavy atom. The Hall–Kier alpha value is -2.53. The van der Waals surface area contributed by atoms with Gasteiger partial charge >= 0.3 is 6.01 Å². The number of thiocarbonyl (C=S) groups is 1. The van der Waals surface area contributed by atoms with Crippen molar-refractivity contribution in [2.75, 3.05) is 0 Å². The molecule has 2 aromatic carbocycles. The molecule has 20 heavy (non-hydrogen) atoms. The van der Waals surface area contributed by atoms with Crippen molar-refractivity contribution in [3.8, 4) is 11.8 Å². The number of rotatable bonds is 3. The van der Waals surface area contributed by atoms with Crippen LogP contribution in [-0.2, 0) is 0 Å². The summed E-state index contributed by atoms with van der Waals surface area (Å²) in [7, 11) is 0. The summed E-state index contributed by atoms with van der Waals surface area (Å²) in [5.74, 6) is 0.697. The molecule has 3 aromatic rings. The molecule has 1 heterocycles. The van der Waals surface area contributed by atoms with E-state index in [2.05, 4.69) is 9.97 Å². The molecule has 0 fully saturated rings. The minimum absolute atomic E-state index is 0.218. The Labute approximate surface area is 121 Å². The van der Waals surface area contributed by atoms with Gasteiger partial charge in [-0.3, -0.25) is 0 Å². The summed E-state index contributed by atoms with van der Waals surface area (Å²) < 4.78 is 5.75. The normalized spacial score (nSPS) is 10.4. The lowest BCUT2D eigenvalue weighted by molar-refractivity contribution is 0.446. The smallest absolute Gasteiger partial charge is 0.322 e. The first-order valence-electron chi connectivity index (χ1n) is 6.02. The van der Waals surface area contributed by atoms with E-state index in [1.54, 1.807) is 12.3 Å². The molecular weight excluding hydrogens is 270 g/mol. The summed E-state index contributed by atoms with van der Waals surface area (Å²) in [5, 5.41) is 2.09. The minimum Gasteiger partial charge on any atom is -0.424 e. The number of hydrogen-bond acceptors (Lipinski definition) is 4. The molecule has 0 atom stereocenters. The summed E-state index contributed by atoms with van der Waals surface area (Å²) in [6, 6.07) is 15.7. The highest BCUT2D eigenvalue weighted by atomic mass is 32.1. The summed E-state index contributed by atoms with van der Waals surface area (Å²) >= 11 is 4.90. The van der Waals surface area contributed by atoms with Crippen molar-refractivity contribution in [2.45, 2.75) is 0 Å². The van der Waals surface area contributed by atoms with Gasteiger partial charge in [-0.15, -0.1) is 0 Å². The molecule has 5 heteroatoms. The van der Waals surface area contributed by atoms with Crippen LogP contribution >= 0.6 is 12.2 Å². The van der Waals surface area contributed by atoms with Gasteiger partial charge in [0.1, 0.15) is 16.4 Å². The summed E-state index contributed by atoms with van der Waals surface area (Å²) in [5.41, 5.74) is 6.04. The zero-order valence-electron chi connectivity index (χ0n) is 10.5. The molecule has 0 saturated carbocycles. The highest BCUT2D eigenvalue weighted by Gasteiger charge is 2.06. The fourth-order valence-electron chi connectivity index (χ4n) is 1.91. The molecule has 0 spiro atoms. The first kappa shape index (κ1) is 12.5. The lowest BCUT2D eigenvalue weighted by Crippen LogP contribution is -2.12. The Morgan fingerprint density at radius 1 is 1.05 bits per heavy atom. The molecule has 0 bridgehead atoms. The predicted octanol–water partition coefficient (Wildman–Crippen LogP) is 3.06. The molecule has 4 nitrogen and oxygen atoms in total. The fourth-order valence-corrected chi connectivity index (χ4v) is 2.02. The van der Waals surface area contributed by atoms with Crippen molar-refractivity contribution < 1.29 is 4.74 Å². The van der Waals surface area contributed by atoms with E-state index >= 15 is 0 Å². The van der Waals surface area contributed by atoms with E-state index in [1.165, 1.54) is 0 Å². The molecule has 2 N–H and O–H groups in total. The molecule has 98 valence electrons. The number of aromatic nitrogens is 2. The van der Waals surface area contributed by atoms with Crippen LogP contribution in [0.4, 0.5) is 0 Å². The Bertz CT molecular complexity index is 783. The monoisotopic (exact) mass is 281 g/mol. The SMILES string of the molecule is NC(=S)c1ccnc(Oc2cccc3ccccc23)n1. The highest BCUT2D eigenvalue weighted by molar-refractivity contribution is 7.80. The number of ether oxygens (including phenoxy) is 1. The van der Waals surface area contributed by atoms with Crippen LogP contribution in [0.3, 0.4) is 0 Å². The van der Waals surface area contributed by atoms with Gasteiger partial charge in [-0.05, 0) is 17.5 Å². The van der Waals surface area contributed by atoms with E-state index in [0.717, 1.165) is 10.8 Å². The van der Waals surface area contributed by atoms with Crippen molar-refractivity contribution in [3.05, 3.63) is 60.4 Å². The molecule has 1 aromatic heterocycles. The van der Waals surface area contributed by atoms with Crippen LogP contribution in [0.1, 0.15) is 5.69 Å². The zero-order chi connectivity index (χ0) is 13.9. The average molecular weight is 281 g/mol. The molecular formula is C15H11N3OS. The Kier molecular flexibility index (Phi) is 3.26. The highest BCUT2D eigenvalue weighted by Crippen LogP contribution is 2.28. The maximum absolute atomic E-state index is 5.75. The quantitative estimate of drug-likeness (QED) is 0.748. The van der Waals surface area contributed by atoms with Gasteiger partial charge in [0, 0.05) is 11.6 Å². The Morgan fingerprint density at radius 2 is 1.85 bits per heavy atom. The summed E-state index contributed by atoms with van der Waals surface area (Å²) in [6.07, 6.45) is 1.57. The maximum Gasteiger partial charge on any atom is 0.322 e. The van der Waals surface area contributed by atoms with Crippen molar-refractivity contribution >= 4 is 28.0 Å². The van der Waals surface area contributed by atoms with E-state index in [1.807, 2.05) is 42.5 Å². The second-order valence-corrected chi connectivity index (χ2v) is 4.61. The van der Waals surface area contributed by atoms with Gasteiger partial charge in [-0.1, -0.05) is 48.6 Å². The maximum atomic E-state index is 5.75. The van der Waals surface area contributed by atoms with Crippen LogP contribution in [0.25, 0.3) is 10.8 Å². The van der Waals surface area contributed by atoms with Crippen LogP contribution in [0.5, 0.6) is 11.8 Å². The van der Waals surface area contributed by atoms with Crippen molar-refractivity contribution in [2.24, 2.45) is 5.73 Å². The van der Waals surface area contributed by atoms with Gasteiger partial charge in [0.25, 0.3) is 0 Å². The second-order valence-electron chi connectivity index (χ2n) is 4.17. The van der Waals surface area contributed by atoms with Gasteiger partial charge in [0.2, 0.25) is 0 Å². The average Bonchev–Trinajstić information content (AvgIpc) is 2.48. The van der Waals surface area contributed by atoms with Crippen LogP contribution in [-0.4, -0.2) is 15.0 Å². The summed E-state index contributed by atoms with van der Waals surface area (Å²) in [6.45, 7) is 0. The van der Waals surface area contributed by atoms with Crippen LogP contribution in [0.15, 0.2) is 54.7 Å². The largest absolute Gasteiger partial charge is 0.424 e. The van der Waals surface area contributed by atoms with Crippen molar-refractivity contribution in [1.82, 2.24) is 9.97 Å². The summed E-state index contributed by atoms with van der Waals surface area (Å²) in [4.78, 5) is 8.47. The first-order chi connectivity index (χ1) is 9.74. The number of benzene rings is 2. The lowest BCUT2D eigenvalue weighted by Gasteiger charge is -2.07. The van der Waals surface area contributed by atoms with E-state index < -0.39 is 0 Å². The van der Waals surface area contributed by atoms with Gasteiger partial charge < -0.3 is 10.5 Å². The molecule has 0 saturated heterocycles. The van der Waals surface area contributed by atoms with E-state index in [9.17, 15) is 0 Å². The standard InChI is InChI=1S/C15H11N3OS/c16-14(20)12-8-9-17-15(18-12)19-13-7-3-5-10-4-1-2-6-11(10)13/h1-9H,(H2,16,20). The van der Waals surface area contributed by atoms with Crippen LogP contribution < -0.4 is 10.5 Å². The number of nitrogens with two attached hydrogens (primary N) is 1. The fraction of sp³-hybridized carbons (Fsp3) is 0. The molecule has 0 unspecified atom stereocenters. The van der Waals surface area contributed by atoms with Crippen LogP contribution in [0, 0.1) is 0 Å². The minimum atomic E-state index is 0.218. The third-order valence-electron chi connectivity index (χ3n) is 2.84. The number of nitrogens with zero attached hydrogens (tertiary/aromatic N) is 2. The van der Waals surface area contributed by atoms with E-state index in [4.69, 9.17) is 22.7 Å². The van der Waals surface area contributed by atoms with Gasteiger partial charge in [-0.25, -0.2) is 4.98 Å². The molecule has 0 aliphatic heterocycles. The van der Waals surface area contributed by atoms with Crippen molar-refractivity contribution in [3.63, 3.8) is 0 Å². The third kappa shape index (κ3) is 2.44. The predicted molar refractivity (Wildman–Crippen MR) is 81.9 cm³/mol.